The summed E-state index contributed by atoms with van der Waals surface area (Å²) >= 11 is 6.04. The number of nitrogens with zero attached hydrogens (tertiary/aromatic N) is 3. The Morgan fingerprint density at radius 1 is 1.00 bits per heavy atom. The molecule has 0 saturated carbocycles. The molecule has 26 heavy (non-hydrogen) atoms. The first-order valence-electron chi connectivity index (χ1n) is 8.87. The average molecular weight is 362 g/mol. The van der Waals surface area contributed by atoms with Crippen molar-refractivity contribution >= 4 is 23.0 Å². The van der Waals surface area contributed by atoms with Gasteiger partial charge in [-0.25, -0.2) is 0 Å². The highest BCUT2D eigenvalue weighted by molar-refractivity contribution is 6.30. The predicted octanol–water partition coefficient (Wildman–Crippen LogP) is 5.65. The largest absolute Gasteiger partial charge is 0.259 e. The summed E-state index contributed by atoms with van der Waals surface area (Å²) in [7, 11) is 0. The molecule has 0 radical (unpaired) electrons. The number of aryl methyl sites for hydroxylation is 1. The molecule has 0 bridgehead atoms. The monoisotopic (exact) mass is 361 g/mol. The first-order chi connectivity index (χ1) is 12.7. The van der Waals surface area contributed by atoms with Gasteiger partial charge in [-0.15, -0.1) is 0 Å². The van der Waals surface area contributed by atoms with Gasteiger partial charge < -0.3 is 0 Å². The first-order valence-corrected chi connectivity index (χ1v) is 9.25. The van der Waals surface area contributed by atoms with E-state index in [0.717, 1.165) is 40.5 Å². The summed E-state index contributed by atoms with van der Waals surface area (Å²) in [5, 5.41) is 7.74. The molecular formula is C22H20ClN3. The number of benzene rings is 2. The molecule has 0 aliphatic carbocycles. The number of halogens is 1. The van der Waals surface area contributed by atoms with Gasteiger partial charge in [0.1, 0.15) is 6.04 Å². The van der Waals surface area contributed by atoms with Crippen LogP contribution in [0.5, 0.6) is 0 Å². The quantitative estimate of drug-likeness (QED) is 0.600. The van der Waals surface area contributed by atoms with E-state index in [1.165, 1.54) is 5.56 Å². The van der Waals surface area contributed by atoms with E-state index in [1.807, 2.05) is 48.7 Å². The highest BCUT2D eigenvalue weighted by Gasteiger charge is 2.30. The van der Waals surface area contributed by atoms with Crippen LogP contribution in [0.3, 0.4) is 0 Å². The number of hydrogen-bond acceptors (Lipinski definition) is 3. The molecular weight excluding hydrogens is 342 g/mol. The number of aromatic nitrogens is 1. The maximum atomic E-state index is 6.04. The molecule has 1 unspecified atom stereocenters. The van der Waals surface area contributed by atoms with Crippen LogP contribution in [0.25, 0.3) is 0 Å². The summed E-state index contributed by atoms with van der Waals surface area (Å²) in [6, 6.07) is 22.5. The zero-order valence-electron chi connectivity index (χ0n) is 14.6. The summed E-state index contributed by atoms with van der Waals surface area (Å²) < 4.78 is 0. The van der Waals surface area contributed by atoms with Crippen LogP contribution in [0.1, 0.15) is 36.2 Å². The molecule has 1 aromatic heterocycles. The number of hydrogen-bond donors (Lipinski definition) is 0. The Bertz CT molecular complexity index is 902. The van der Waals surface area contributed by atoms with Gasteiger partial charge in [0.15, 0.2) is 0 Å². The molecule has 2 aromatic carbocycles. The zero-order chi connectivity index (χ0) is 17.9. The van der Waals surface area contributed by atoms with Crippen molar-refractivity contribution in [2.75, 3.05) is 5.01 Å². The highest BCUT2D eigenvalue weighted by Crippen LogP contribution is 2.35. The van der Waals surface area contributed by atoms with E-state index in [9.17, 15) is 0 Å². The van der Waals surface area contributed by atoms with E-state index in [0.29, 0.717) is 0 Å². The van der Waals surface area contributed by atoms with Crippen molar-refractivity contribution in [2.45, 2.75) is 25.8 Å². The molecule has 1 atom stereocenters. The maximum absolute atomic E-state index is 6.04. The van der Waals surface area contributed by atoms with Gasteiger partial charge in [0.2, 0.25) is 0 Å². The number of para-hydroxylation sites is 1. The van der Waals surface area contributed by atoms with Gasteiger partial charge in [-0.2, -0.15) is 5.10 Å². The van der Waals surface area contributed by atoms with Crippen molar-refractivity contribution in [1.82, 2.24) is 4.98 Å². The minimum absolute atomic E-state index is 0.0917. The van der Waals surface area contributed by atoms with Gasteiger partial charge in [0, 0.05) is 17.6 Å². The minimum Gasteiger partial charge on any atom is -0.259 e. The lowest BCUT2D eigenvalue weighted by atomic mass is 10.0. The maximum Gasteiger partial charge on any atom is 0.100 e. The van der Waals surface area contributed by atoms with Crippen LogP contribution in [0, 0.1) is 0 Å². The average Bonchev–Trinajstić information content (AvgIpc) is 3.15. The Labute approximate surface area is 159 Å². The molecule has 0 N–H and O–H groups in total. The van der Waals surface area contributed by atoms with Crippen molar-refractivity contribution in [1.29, 1.82) is 0 Å². The molecule has 1 aliphatic rings. The molecule has 0 spiro atoms. The van der Waals surface area contributed by atoms with Gasteiger partial charge in [-0.05, 0) is 47.9 Å². The fourth-order valence-electron chi connectivity index (χ4n) is 3.22. The van der Waals surface area contributed by atoms with Crippen molar-refractivity contribution < 1.29 is 0 Å². The molecule has 0 saturated heterocycles. The fraction of sp³-hybridized carbons (Fsp3) is 0.182. The molecule has 0 amide bonds. The molecule has 3 nitrogen and oxygen atoms in total. The molecule has 2 heterocycles. The van der Waals surface area contributed by atoms with Gasteiger partial charge in [-0.3, -0.25) is 9.99 Å². The number of anilines is 1. The smallest absolute Gasteiger partial charge is 0.100 e. The summed E-state index contributed by atoms with van der Waals surface area (Å²) in [6.07, 6.45) is 3.78. The number of rotatable bonds is 4. The lowest BCUT2D eigenvalue weighted by Gasteiger charge is -2.23. The Kier molecular flexibility index (Phi) is 4.72. The third-order valence-electron chi connectivity index (χ3n) is 4.71. The van der Waals surface area contributed by atoms with Crippen LogP contribution in [-0.2, 0) is 6.42 Å². The summed E-state index contributed by atoms with van der Waals surface area (Å²) in [4.78, 5) is 4.71. The van der Waals surface area contributed by atoms with E-state index in [2.05, 4.69) is 36.2 Å². The molecule has 0 fully saturated rings. The van der Waals surface area contributed by atoms with Crippen LogP contribution in [0.4, 0.5) is 5.69 Å². The van der Waals surface area contributed by atoms with Crippen molar-refractivity contribution in [3.63, 3.8) is 0 Å². The van der Waals surface area contributed by atoms with Crippen LogP contribution < -0.4 is 5.01 Å². The molecule has 3 aromatic rings. The third-order valence-corrected chi connectivity index (χ3v) is 4.96. The van der Waals surface area contributed by atoms with Gasteiger partial charge in [-0.1, -0.05) is 54.9 Å². The van der Waals surface area contributed by atoms with Gasteiger partial charge >= 0.3 is 0 Å². The second kappa shape index (κ2) is 7.30. The van der Waals surface area contributed by atoms with Gasteiger partial charge in [0.05, 0.1) is 17.1 Å². The van der Waals surface area contributed by atoms with E-state index in [1.54, 1.807) is 0 Å². The lowest BCUT2D eigenvalue weighted by Crippen LogP contribution is -2.19. The second-order valence-corrected chi connectivity index (χ2v) is 6.83. The minimum atomic E-state index is 0.0917. The lowest BCUT2D eigenvalue weighted by molar-refractivity contribution is 0.685. The topological polar surface area (TPSA) is 28.5 Å². The van der Waals surface area contributed by atoms with Crippen molar-refractivity contribution in [3.05, 3.63) is 94.8 Å². The second-order valence-electron chi connectivity index (χ2n) is 6.40. The van der Waals surface area contributed by atoms with E-state index >= 15 is 0 Å². The van der Waals surface area contributed by atoms with Crippen molar-refractivity contribution in [3.8, 4) is 0 Å². The van der Waals surface area contributed by atoms with Crippen molar-refractivity contribution in [2.24, 2.45) is 5.10 Å². The van der Waals surface area contributed by atoms with Crippen LogP contribution >= 0.6 is 11.6 Å². The standard InChI is InChI=1S/C22H20ClN3/c1-2-16-8-13-20(24-15-16)22-14-21(17-9-11-18(23)12-10-17)25-26(22)19-6-4-3-5-7-19/h3-13,15,22H,2,14H2,1H3. The normalized spacial score (nSPS) is 16.6. The highest BCUT2D eigenvalue weighted by atomic mass is 35.5. The van der Waals surface area contributed by atoms with Crippen LogP contribution in [-0.4, -0.2) is 10.7 Å². The molecule has 1 aliphatic heterocycles. The summed E-state index contributed by atoms with van der Waals surface area (Å²) in [5.41, 5.74) is 5.51. The molecule has 4 rings (SSSR count). The van der Waals surface area contributed by atoms with E-state index in [4.69, 9.17) is 21.7 Å². The Morgan fingerprint density at radius 2 is 1.77 bits per heavy atom. The fourth-order valence-corrected chi connectivity index (χ4v) is 3.34. The van der Waals surface area contributed by atoms with Crippen LogP contribution in [0.15, 0.2) is 78.0 Å². The Hall–Kier alpha value is -2.65. The van der Waals surface area contributed by atoms with Gasteiger partial charge in [0.25, 0.3) is 0 Å². The SMILES string of the molecule is CCc1ccc(C2CC(c3ccc(Cl)cc3)=NN2c2ccccc2)nc1. The Morgan fingerprint density at radius 3 is 2.42 bits per heavy atom. The predicted molar refractivity (Wildman–Crippen MR) is 108 cm³/mol. The Balaban J connectivity index is 1.71. The molecule has 4 heteroatoms. The zero-order valence-corrected chi connectivity index (χ0v) is 15.4. The third kappa shape index (κ3) is 3.35. The summed E-state index contributed by atoms with van der Waals surface area (Å²) in [6.45, 7) is 2.14. The first kappa shape index (κ1) is 16.8. The summed E-state index contributed by atoms with van der Waals surface area (Å²) in [5.74, 6) is 0. The number of pyridine rings is 1. The van der Waals surface area contributed by atoms with Crippen LogP contribution in [0.2, 0.25) is 5.02 Å². The molecule has 130 valence electrons. The van der Waals surface area contributed by atoms with E-state index in [-0.39, 0.29) is 6.04 Å². The van der Waals surface area contributed by atoms with E-state index < -0.39 is 0 Å². The number of hydrazone groups is 1.